The van der Waals surface area contributed by atoms with E-state index in [1.54, 1.807) is 12.5 Å². The van der Waals surface area contributed by atoms with E-state index in [4.69, 9.17) is 10.8 Å². The molecule has 0 saturated heterocycles. The van der Waals surface area contributed by atoms with Crippen molar-refractivity contribution in [3.8, 4) is 12.3 Å². The Hall–Kier alpha value is -1.27. The van der Waals surface area contributed by atoms with Gasteiger partial charge >= 0.3 is 0 Å². The minimum atomic E-state index is 0.683. The highest BCUT2D eigenvalue weighted by atomic mass is 16.3. The summed E-state index contributed by atoms with van der Waals surface area (Å²) in [5.74, 6) is 3.35. The largest absolute Gasteiger partial charge is 0.444 e. The van der Waals surface area contributed by atoms with Crippen molar-refractivity contribution in [1.29, 1.82) is 0 Å². The Balaban J connectivity index is 2.57. The Morgan fingerprint density at radius 2 is 2.42 bits per heavy atom. The Bertz CT molecular complexity index is 269. The summed E-state index contributed by atoms with van der Waals surface area (Å²) in [5, 5.41) is 0. The predicted molar refractivity (Wildman–Crippen MR) is 46.0 cm³/mol. The molecule has 1 aromatic rings. The minimum Gasteiger partial charge on any atom is -0.444 e. The number of hydrogen-bond donors (Lipinski definition) is 0. The summed E-state index contributed by atoms with van der Waals surface area (Å²) in [6.07, 6.45) is 8.45. The summed E-state index contributed by atoms with van der Waals surface area (Å²) in [6.45, 7) is 1.42. The lowest BCUT2D eigenvalue weighted by atomic mass is 10.4. The first-order chi connectivity index (χ1) is 5.64. The first-order valence-corrected chi connectivity index (χ1v) is 3.78. The second kappa shape index (κ2) is 3.42. The van der Waals surface area contributed by atoms with Gasteiger partial charge in [0.05, 0.1) is 20.3 Å². The number of oxazole rings is 1. The van der Waals surface area contributed by atoms with Crippen molar-refractivity contribution in [3.63, 3.8) is 0 Å². The third kappa shape index (κ3) is 2.40. The van der Waals surface area contributed by atoms with E-state index in [9.17, 15) is 0 Å². The summed E-state index contributed by atoms with van der Waals surface area (Å²) in [5.41, 5.74) is 0. The van der Waals surface area contributed by atoms with Crippen LogP contribution in [0.2, 0.25) is 0 Å². The molecule has 0 aliphatic carbocycles. The quantitative estimate of drug-likeness (QED) is 0.491. The minimum absolute atomic E-state index is 0.683. The van der Waals surface area contributed by atoms with Crippen LogP contribution in [0.4, 0.5) is 0 Å². The zero-order valence-corrected chi connectivity index (χ0v) is 7.45. The molecule has 1 rings (SSSR count). The molecule has 0 radical (unpaired) electrons. The van der Waals surface area contributed by atoms with E-state index in [0.29, 0.717) is 11.0 Å². The number of hydrogen-bond acceptors (Lipinski definition) is 2. The van der Waals surface area contributed by atoms with Gasteiger partial charge < -0.3 is 8.90 Å². The molecule has 0 unspecified atom stereocenters. The molecule has 0 N–H and O–H groups in total. The van der Waals surface area contributed by atoms with E-state index >= 15 is 0 Å². The van der Waals surface area contributed by atoms with Crippen LogP contribution in [-0.2, 0) is 6.54 Å². The fourth-order valence-corrected chi connectivity index (χ4v) is 1.00. The second-order valence-corrected chi connectivity index (χ2v) is 3.38. The third-order valence-corrected chi connectivity index (χ3v) is 1.57. The van der Waals surface area contributed by atoms with Gasteiger partial charge in [0, 0.05) is 0 Å². The molecular formula is C9H13N2O+. The summed E-state index contributed by atoms with van der Waals surface area (Å²) in [6, 6.07) is 0. The lowest BCUT2D eigenvalue weighted by Gasteiger charge is -2.25. The van der Waals surface area contributed by atoms with E-state index < -0.39 is 0 Å². The first kappa shape index (κ1) is 8.82. The fourth-order valence-electron chi connectivity index (χ4n) is 1.00. The van der Waals surface area contributed by atoms with Crippen LogP contribution >= 0.6 is 0 Å². The third-order valence-electron chi connectivity index (χ3n) is 1.57. The summed E-state index contributed by atoms with van der Waals surface area (Å²) >= 11 is 0. The molecule has 0 fully saturated rings. The van der Waals surface area contributed by atoms with Gasteiger partial charge in [-0.15, -0.1) is 6.42 Å². The van der Waals surface area contributed by atoms with Crippen LogP contribution in [0.1, 0.15) is 5.89 Å². The van der Waals surface area contributed by atoms with Gasteiger partial charge in [-0.05, 0) is 5.92 Å². The molecule has 0 atom stereocenters. The molecule has 3 nitrogen and oxygen atoms in total. The summed E-state index contributed by atoms with van der Waals surface area (Å²) in [4.78, 5) is 4.03. The van der Waals surface area contributed by atoms with Gasteiger partial charge in [-0.2, -0.15) is 0 Å². The first-order valence-electron chi connectivity index (χ1n) is 3.78. The van der Waals surface area contributed by atoms with Crippen LogP contribution in [0.5, 0.6) is 0 Å². The van der Waals surface area contributed by atoms with Gasteiger partial charge in [-0.25, -0.2) is 4.98 Å². The molecule has 64 valence electrons. The number of nitrogens with zero attached hydrogens (tertiary/aromatic N) is 2. The molecule has 0 aromatic carbocycles. The van der Waals surface area contributed by atoms with Crippen molar-refractivity contribution in [2.45, 2.75) is 6.54 Å². The zero-order chi connectivity index (χ0) is 9.03. The molecule has 0 aliphatic rings. The van der Waals surface area contributed by atoms with Crippen LogP contribution in [0.3, 0.4) is 0 Å². The maximum atomic E-state index is 5.23. The van der Waals surface area contributed by atoms with Gasteiger partial charge in [0.15, 0.2) is 6.54 Å². The lowest BCUT2D eigenvalue weighted by molar-refractivity contribution is -0.897. The van der Waals surface area contributed by atoms with E-state index in [0.717, 1.165) is 12.4 Å². The summed E-state index contributed by atoms with van der Waals surface area (Å²) < 4.78 is 5.83. The van der Waals surface area contributed by atoms with Crippen LogP contribution in [-0.4, -0.2) is 30.1 Å². The SMILES string of the molecule is C#CC[N+](C)(C)Cc1ncco1. The molecule has 1 heterocycles. The molecule has 3 heteroatoms. The smallest absolute Gasteiger partial charge is 0.250 e. The number of rotatable bonds is 3. The molecule has 1 aromatic heterocycles. The van der Waals surface area contributed by atoms with Crippen molar-refractivity contribution in [2.75, 3.05) is 20.6 Å². The second-order valence-electron chi connectivity index (χ2n) is 3.38. The van der Waals surface area contributed by atoms with Crippen molar-refractivity contribution < 1.29 is 8.90 Å². The van der Waals surface area contributed by atoms with E-state index in [1.807, 2.05) is 14.1 Å². The highest BCUT2D eigenvalue weighted by Crippen LogP contribution is 2.05. The Labute approximate surface area is 72.6 Å². The highest BCUT2D eigenvalue weighted by Gasteiger charge is 2.16. The Morgan fingerprint density at radius 3 is 2.92 bits per heavy atom. The van der Waals surface area contributed by atoms with Crippen molar-refractivity contribution >= 4 is 0 Å². The molecule has 0 bridgehead atoms. The standard InChI is InChI=1S/C9H13N2O/c1-4-6-11(2,3)8-9-10-5-7-12-9/h1,5,7H,6,8H2,2-3H3/q+1. The summed E-state index contributed by atoms with van der Waals surface area (Å²) in [7, 11) is 4.09. The van der Waals surface area contributed by atoms with Gasteiger partial charge in [0.2, 0.25) is 5.89 Å². The number of quaternary nitrogens is 1. The van der Waals surface area contributed by atoms with Crippen LogP contribution in [0.25, 0.3) is 0 Å². The highest BCUT2D eigenvalue weighted by molar-refractivity contribution is 4.84. The number of aromatic nitrogens is 1. The van der Waals surface area contributed by atoms with Gasteiger partial charge in [-0.1, -0.05) is 0 Å². The predicted octanol–water partition coefficient (Wildman–Crippen LogP) is 0.884. The monoisotopic (exact) mass is 165 g/mol. The topological polar surface area (TPSA) is 26.0 Å². The van der Waals surface area contributed by atoms with E-state index in [-0.39, 0.29) is 0 Å². The van der Waals surface area contributed by atoms with Gasteiger partial charge in [0.1, 0.15) is 12.8 Å². The maximum absolute atomic E-state index is 5.23. The Morgan fingerprint density at radius 1 is 1.67 bits per heavy atom. The molecule has 0 amide bonds. The van der Waals surface area contributed by atoms with Crippen LogP contribution < -0.4 is 0 Å². The zero-order valence-electron chi connectivity index (χ0n) is 7.45. The van der Waals surface area contributed by atoms with E-state index in [1.165, 1.54) is 0 Å². The molecular weight excluding hydrogens is 152 g/mol. The Kier molecular flexibility index (Phi) is 2.51. The van der Waals surface area contributed by atoms with E-state index in [2.05, 4.69) is 10.9 Å². The molecule has 0 saturated carbocycles. The fraction of sp³-hybridized carbons (Fsp3) is 0.444. The van der Waals surface area contributed by atoms with Crippen molar-refractivity contribution in [2.24, 2.45) is 0 Å². The van der Waals surface area contributed by atoms with Crippen LogP contribution in [0.15, 0.2) is 16.9 Å². The molecule has 0 aliphatic heterocycles. The molecule has 0 spiro atoms. The average Bonchev–Trinajstić information content (AvgIpc) is 2.38. The van der Waals surface area contributed by atoms with Crippen LogP contribution in [0, 0.1) is 12.3 Å². The molecule has 12 heavy (non-hydrogen) atoms. The normalized spacial score (nSPS) is 11.1. The van der Waals surface area contributed by atoms with Gasteiger partial charge in [0.25, 0.3) is 0 Å². The average molecular weight is 165 g/mol. The number of terminal acetylenes is 1. The van der Waals surface area contributed by atoms with Crippen molar-refractivity contribution in [3.05, 3.63) is 18.4 Å². The van der Waals surface area contributed by atoms with Crippen molar-refractivity contribution in [1.82, 2.24) is 4.98 Å². The maximum Gasteiger partial charge on any atom is 0.250 e. The van der Waals surface area contributed by atoms with Gasteiger partial charge in [-0.3, -0.25) is 0 Å². The lowest BCUT2D eigenvalue weighted by Crippen LogP contribution is -2.38.